The van der Waals surface area contributed by atoms with Gasteiger partial charge in [-0.3, -0.25) is 4.57 Å². The second-order valence-corrected chi connectivity index (χ2v) is 6.12. The predicted molar refractivity (Wildman–Crippen MR) is 70.9 cm³/mol. The maximum atomic E-state index is 6.15. The van der Waals surface area contributed by atoms with E-state index in [1.165, 1.54) is 12.8 Å². The molecule has 0 aromatic carbocycles. The number of anilines is 1. The highest BCUT2D eigenvalue weighted by atomic mass is 32.2. The molecular weight excluding hydrogens is 234 g/mol. The van der Waals surface area contributed by atoms with Crippen molar-refractivity contribution in [3.8, 4) is 0 Å². The van der Waals surface area contributed by atoms with Crippen LogP contribution >= 0.6 is 11.8 Å². The Hall–Kier alpha value is -0.750. The van der Waals surface area contributed by atoms with E-state index in [9.17, 15) is 0 Å². The van der Waals surface area contributed by atoms with E-state index in [1.807, 2.05) is 4.57 Å². The van der Waals surface area contributed by atoms with Gasteiger partial charge in [0.15, 0.2) is 5.16 Å². The van der Waals surface area contributed by atoms with Crippen LogP contribution in [0.1, 0.15) is 45.6 Å². The monoisotopic (exact) mass is 255 g/mol. The van der Waals surface area contributed by atoms with E-state index in [2.05, 4.69) is 24.0 Å². The lowest BCUT2D eigenvalue weighted by molar-refractivity contribution is 0.451. The fourth-order valence-electron chi connectivity index (χ4n) is 2.26. The molecule has 0 saturated heterocycles. The molecule has 2 unspecified atom stereocenters. The van der Waals surface area contributed by atoms with Crippen molar-refractivity contribution < 1.29 is 0 Å². The van der Waals surface area contributed by atoms with Crippen LogP contribution in [-0.2, 0) is 0 Å². The molecule has 2 atom stereocenters. The van der Waals surface area contributed by atoms with Crippen LogP contribution in [0.25, 0.3) is 0 Å². The Labute approximate surface area is 106 Å². The number of rotatable bonds is 3. The number of nitrogens with zero attached hydrogens (tertiary/aromatic N) is 3. The summed E-state index contributed by atoms with van der Waals surface area (Å²) in [4.78, 5) is 0. The van der Waals surface area contributed by atoms with Gasteiger partial charge in [0, 0.05) is 17.3 Å². The topological polar surface area (TPSA) is 82.8 Å². The highest BCUT2D eigenvalue weighted by Gasteiger charge is 2.25. The number of hydrogen-bond donors (Lipinski definition) is 2. The summed E-state index contributed by atoms with van der Waals surface area (Å²) in [5.41, 5.74) is 12.0. The molecule has 96 valence electrons. The zero-order valence-corrected chi connectivity index (χ0v) is 11.3. The van der Waals surface area contributed by atoms with E-state index in [4.69, 9.17) is 11.5 Å². The average Bonchev–Trinajstić information content (AvgIpc) is 2.63. The van der Waals surface area contributed by atoms with Crippen molar-refractivity contribution >= 4 is 17.7 Å². The molecule has 1 aliphatic carbocycles. The number of nitrogen functional groups attached to an aromatic ring is 1. The van der Waals surface area contributed by atoms with Crippen molar-refractivity contribution in [3.05, 3.63) is 0 Å². The highest BCUT2D eigenvalue weighted by molar-refractivity contribution is 7.99. The fourth-order valence-corrected chi connectivity index (χ4v) is 3.63. The summed E-state index contributed by atoms with van der Waals surface area (Å²) in [5, 5.41) is 9.47. The van der Waals surface area contributed by atoms with E-state index in [-0.39, 0.29) is 12.1 Å². The quantitative estimate of drug-likeness (QED) is 0.860. The molecule has 1 heterocycles. The summed E-state index contributed by atoms with van der Waals surface area (Å²) in [6, 6.07) is 0.555. The Kier molecular flexibility index (Phi) is 3.93. The lowest BCUT2D eigenvalue weighted by Crippen LogP contribution is -2.35. The van der Waals surface area contributed by atoms with Crippen LogP contribution in [-0.4, -0.2) is 26.1 Å². The first-order valence-corrected chi connectivity index (χ1v) is 7.10. The molecule has 0 spiro atoms. The third-order valence-corrected chi connectivity index (χ3v) is 4.59. The molecule has 1 aliphatic rings. The first-order valence-electron chi connectivity index (χ1n) is 6.22. The normalized spacial score (nSPS) is 25.4. The standard InChI is InChI=1S/C11H21N5S/c1-7(2)16-10(13)14-15-11(16)17-9-6-4-3-5-8(9)12/h7-9H,3-6,12H2,1-2H3,(H2,13,14). The molecule has 1 saturated carbocycles. The SMILES string of the molecule is CC(C)n1c(N)nnc1SC1CCCCC1N. The molecule has 1 aromatic rings. The van der Waals surface area contributed by atoms with Crippen molar-refractivity contribution in [2.24, 2.45) is 5.73 Å². The van der Waals surface area contributed by atoms with E-state index in [1.54, 1.807) is 11.8 Å². The minimum absolute atomic E-state index is 0.271. The zero-order valence-electron chi connectivity index (χ0n) is 10.5. The first kappa shape index (κ1) is 12.7. The minimum atomic E-state index is 0.271. The maximum Gasteiger partial charge on any atom is 0.222 e. The van der Waals surface area contributed by atoms with Gasteiger partial charge in [0.05, 0.1) is 0 Å². The van der Waals surface area contributed by atoms with E-state index in [0.717, 1.165) is 18.0 Å². The Bertz CT molecular complexity index is 376. The summed E-state index contributed by atoms with van der Waals surface area (Å²) in [7, 11) is 0. The second kappa shape index (κ2) is 5.27. The van der Waals surface area contributed by atoms with Gasteiger partial charge >= 0.3 is 0 Å². The minimum Gasteiger partial charge on any atom is -0.368 e. The van der Waals surface area contributed by atoms with Gasteiger partial charge in [-0.15, -0.1) is 10.2 Å². The van der Waals surface area contributed by atoms with Gasteiger partial charge < -0.3 is 11.5 Å². The number of aromatic nitrogens is 3. The molecule has 4 N–H and O–H groups in total. The lowest BCUT2D eigenvalue weighted by Gasteiger charge is -2.27. The molecular formula is C11H21N5S. The molecule has 2 rings (SSSR count). The first-order chi connectivity index (χ1) is 8.09. The number of nitrogens with two attached hydrogens (primary N) is 2. The molecule has 0 bridgehead atoms. The van der Waals surface area contributed by atoms with Gasteiger partial charge in [-0.25, -0.2) is 0 Å². The second-order valence-electron chi connectivity index (χ2n) is 4.91. The van der Waals surface area contributed by atoms with Crippen molar-refractivity contribution in [1.29, 1.82) is 0 Å². The smallest absolute Gasteiger partial charge is 0.222 e. The summed E-state index contributed by atoms with van der Waals surface area (Å²) in [6.07, 6.45) is 4.79. The van der Waals surface area contributed by atoms with Crippen molar-refractivity contribution in [3.63, 3.8) is 0 Å². The van der Waals surface area contributed by atoms with Crippen molar-refractivity contribution in [1.82, 2.24) is 14.8 Å². The van der Waals surface area contributed by atoms with E-state index in [0.29, 0.717) is 11.2 Å². The van der Waals surface area contributed by atoms with Gasteiger partial charge in [-0.2, -0.15) is 0 Å². The molecule has 1 fully saturated rings. The maximum absolute atomic E-state index is 6.15. The van der Waals surface area contributed by atoms with Crippen LogP contribution in [0.5, 0.6) is 0 Å². The molecule has 0 radical (unpaired) electrons. The van der Waals surface area contributed by atoms with Gasteiger partial charge in [0.2, 0.25) is 5.95 Å². The third-order valence-electron chi connectivity index (χ3n) is 3.22. The Morgan fingerprint density at radius 1 is 1.29 bits per heavy atom. The van der Waals surface area contributed by atoms with Crippen LogP contribution in [0, 0.1) is 0 Å². The van der Waals surface area contributed by atoms with Crippen LogP contribution in [0.4, 0.5) is 5.95 Å². The van der Waals surface area contributed by atoms with E-state index < -0.39 is 0 Å². The summed E-state index contributed by atoms with van der Waals surface area (Å²) in [5.74, 6) is 0.492. The Balaban J connectivity index is 2.12. The van der Waals surface area contributed by atoms with Crippen LogP contribution in [0.3, 0.4) is 0 Å². The molecule has 5 nitrogen and oxygen atoms in total. The van der Waals surface area contributed by atoms with Gasteiger partial charge in [-0.05, 0) is 26.7 Å². The van der Waals surface area contributed by atoms with E-state index >= 15 is 0 Å². The van der Waals surface area contributed by atoms with Gasteiger partial charge in [-0.1, -0.05) is 24.6 Å². The van der Waals surface area contributed by atoms with Crippen molar-refractivity contribution in [2.75, 3.05) is 5.73 Å². The zero-order chi connectivity index (χ0) is 12.4. The van der Waals surface area contributed by atoms with Gasteiger partial charge in [0.1, 0.15) is 0 Å². The number of hydrogen-bond acceptors (Lipinski definition) is 5. The molecule has 6 heteroatoms. The van der Waals surface area contributed by atoms with Crippen LogP contribution < -0.4 is 11.5 Å². The Morgan fingerprint density at radius 3 is 2.65 bits per heavy atom. The average molecular weight is 255 g/mol. The molecule has 1 aromatic heterocycles. The summed E-state index contributed by atoms with van der Waals surface area (Å²) >= 11 is 1.73. The molecule has 0 amide bonds. The molecule has 0 aliphatic heterocycles. The Morgan fingerprint density at radius 2 is 2.00 bits per heavy atom. The predicted octanol–water partition coefficient (Wildman–Crippen LogP) is 1.80. The number of thioether (sulfide) groups is 1. The molecule has 17 heavy (non-hydrogen) atoms. The largest absolute Gasteiger partial charge is 0.368 e. The lowest BCUT2D eigenvalue weighted by atomic mass is 9.96. The summed E-state index contributed by atoms with van der Waals surface area (Å²) in [6.45, 7) is 4.18. The highest BCUT2D eigenvalue weighted by Crippen LogP contribution is 2.33. The van der Waals surface area contributed by atoms with Crippen molar-refractivity contribution in [2.45, 2.75) is 62.0 Å². The summed E-state index contributed by atoms with van der Waals surface area (Å²) < 4.78 is 1.98. The van der Waals surface area contributed by atoms with Gasteiger partial charge in [0.25, 0.3) is 0 Å². The fraction of sp³-hybridized carbons (Fsp3) is 0.818. The third kappa shape index (κ3) is 2.74. The van der Waals surface area contributed by atoms with Crippen LogP contribution in [0.2, 0.25) is 0 Å². The van der Waals surface area contributed by atoms with Crippen LogP contribution in [0.15, 0.2) is 5.16 Å².